The second-order valence-electron chi connectivity index (χ2n) is 6.05. The van der Waals surface area contributed by atoms with E-state index in [1.54, 1.807) is 0 Å². The molecule has 0 aliphatic rings. The Labute approximate surface area is 147 Å². The van der Waals surface area contributed by atoms with Gasteiger partial charge < -0.3 is 9.67 Å². The zero-order valence-electron chi connectivity index (χ0n) is 14.2. The molecule has 0 fully saturated rings. The van der Waals surface area contributed by atoms with E-state index in [0.29, 0.717) is 17.8 Å². The lowest BCUT2D eigenvalue weighted by Crippen LogP contribution is -2.09. The fourth-order valence-electron chi connectivity index (χ4n) is 2.73. The lowest BCUT2D eigenvalue weighted by molar-refractivity contribution is 0.103. The van der Waals surface area contributed by atoms with Gasteiger partial charge in [0.15, 0.2) is 0 Å². The topological polar surface area (TPSA) is 42.2 Å². The highest BCUT2D eigenvalue weighted by atomic mass is 16.3. The number of aliphatic hydroxyl groups is 1. The van der Waals surface area contributed by atoms with Crippen LogP contribution in [0.25, 0.3) is 6.08 Å². The van der Waals surface area contributed by atoms with Crippen molar-refractivity contribution in [2.24, 2.45) is 0 Å². The zero-order chi connectivity index (χ0) is 17.6. The van der Waals surface area contributed by atoms with Gasteiger partial charge in [-0.1, -0.05) is 60.2 Å². The maximum atomic E-state index is 12.7. The summed E-state index contributed by atoms with van der Waals surface area (Å²) in [7, 11) is 0. The molecule has 3 nitrogen and oxygen atoms in total. The van der Waals surface area contributed by atoms with Crippen LogP contribution in [0.15, 0.2) is 72.9 Å². The van der Waals surface area contributed by atoms with Gasteiger partial charge in [0.05, 0.1) is 12.3 Å². The molecule has 1 aromatic heterocycles. The number of hydrogen-bond acceptors (Lipinski definition) is 2. The Morgan fingerprint density at radius 3 is 2.64 bits per heavy atom. The fraction of sp³-hybridized carbons (Fsp3) is 0.136. The van der Waals surface area contributed by atoms with E-state index in [9.17, 15) is 9.90 Å². The van der Waals surface area contributed by atoms with Crippen LogP contribution in [0.2, 0.25) is 0 Å². The molecule has 0 aliphatic carbocycles. The van der Waals surface area contributed by atoms with Gasteiger partial charge in [-0.25, -0.2) is 0 Å². The summed E-state index contributed by atoms with van der Waals surface area (Å²) in [6, 6.07) is 19.1. The molecule has 0 saturated carbocycles. The van der Waals surface area contributed by atoms with Crippen LogP contribution in [0, 0.1) is 6.92 Å². The number of allylic oxidation sites excluding steroid dienone is 1. The average molecular weight is 331 g/mol. The molecule has 0 amide bonds. The smallest absolute Gasteiger partial charge is 0.209 e. The van der Waals surface area contributed by atoms with Gasteiger partial charge in [0, 0.05) is 18.3 Å². The third kappa shape index (κ3) is 4.14. The van der Waals surface area contributed by atoms with Gasteiger partial charge in [0.25, 0.3) is 0 Å². The number of ketones is 1. The molecule has 0 radical (unpaired) electrons. The van der Waals surface area contributed by atoms with Crippen molar-refractivity contribution in [2.45, 2.75) is 20.1 Å². The molecule has 0 saturated heterocycles. The Kier molecular flexibility index (Phi) is 5.26. The van der Waals surface area contributed by atoms with E-state index in [1.165, 1.54) is 0 Å². The van der Waals surface area contributed by atoms with E-state index in [1.807, 2.05) is 90.5 Å². The number of rotatable bonds is 6. The van der Waals surface area contributed by atoms with E-state index < -0.39 is 0 Å². The van der Waals surface area contributed by atoms with Gasteiger partial charge in [0.2, 0.25) is 5.78 Å². The minimum absolute atomic E-state index is 0.0284. The molecule has 3 rings (SSSR count). The summed E-state index contributed by atoms with van der Waals surface area (Å²) in [5, 5.41) is 9.19. The molecule has 0 bridgehead atoms. The summed E-state index contributed by atoms with van der Waals surface area (Å²) in [4.78, 5) is 12.7. The average Bonchev–Trinajstić information content (AvgIpc) is 3.10. The molecule has 3 aromatic rings. The Morgan fingerprint density at radius 2 is 1.88 bits per heavy atom. The summed E-state index contributed by atoms with van der Waals surface area (Å²) < 4.78 is 1.94. The molecule has 3 heteroatoms. The Morgan fingerprint density at radius 1 is 1.08 bits per heavy atom. The second-order valence-corrected chi connectivity index (χ2v) is 6.05. The number of aryl methyl sites for hydroxylation is 1. The van der Waals surface area contributed by atoms with Gasteiger partial charge >= 0.3 is 0 Å². The molecule has 0 unspecified atom stereocenters. The highest BCUT2D eigenvalue weighted by molar-refractivity contribution is 6.08. The van der Waals surface area contributed by atoms with Gasteiger partial charge in [-0.15, -0.1) is 0 Å². The van der Waals surface area contributed by atoms with Crippen molar-refractivity contribution in [3.63, 3.8) is 0 Å². The quantitative estimate of drug-likeness (QED) is 0.687. The molecule has 2 aromatic carbocycles. The molecule has 1 heterocycles. The first kappa shape index (κ1) is 16.9. The third-order valence-corrected chi connectivity index (χ3v) is 4.12. The predicted octanol–water partition coefficient (Wildman–Crippen LogP) is 4.23. The lowest BCUT2D eigenvalue weighted by atomic mass is 10.1. The molecular weight excluding hydrogens is 310 g/mol. The summed E-state index contributed by atoms with van der Waals surface area (Å²) in [6.45, 7) is 2.66. The summed E-state index contributed by atoms with van der Waals surface area (Å²) in [6.07, 6.45) is 5.93. The first-order valence-corrected chi connectivity index (χ1v) is 8.30. The first-order chi connectivity index (χ1) is 12.2. The SMILES string of the molecule is Cc1ccc(C(=O)c2cccn2CC=Cc2cccc(CO)c2)cc1. The van der Waals surface area contributed by atoms with Gasteiger partial charge in [-0.05, 0) is 36.2 Å². The van der Waals surface area contributed by atoms with Crippen LogP contribution in [-0.2, 0) is 13.2 Å². The fourth-order valence-corrected chi connectivity index (χ4v) is 2.73. The number of carbonyl (C=O) groups excluding carboxylic acids is 1. The highest BCUT2D eigenvalue weighted by Crippen LogP contribution is 2.13. The minimum Gasteiger partial charge on any atom is -0.392 e. The Balaban J connectivity index is 1.74. The second kappa shape index (κ2) is 7.77. The van der Waals surface area contributed by atoms with E-state index in [2.05, 4.69) is 0 Å². The van der Waals surface area contributed by atoms with Crippen molar-refractivity contribution < 1.29 is 9.90 Å². The number of carbonyl (C=O) groups is 1. The largest absolute Gasteiger partial charge is 0.392 e. The van der Waals surface area contributed by atoms with Crippen molar-refractivity contribution >= 4 is 11.9 Å². The van der Waals surface area contributed by atoms with Crippen LogP contribution in [0.1, 0.15) is 32.7 Å². The van der Waals surface area contributed by atoms with Crippen LogP contribution in [0.5, 0.6) is 0 Å². The van der Waals surface area contributed by atoms with Crippen LogP contribution < -0.4 is 0 Å². The molecule has 0 spiro atoms. The van der Waals surface area contributed by atoms with Crippen molar-refractivity contribution in [1.82, 2.24) is 4.57 Å². The van der Waals surface area contributed by atoms with Gasteiger partial charge in [-0.2, -0.15) is 0 Å². The number of benzene rings is 2. The highest BCUT2D eigenvalue weighted by Gasteiger charge is 2.12. The van der Waals surface area contributed by atoms with Crippen LogP contribution in [-0.4, -0.2) is 15.5 Å². The molecule has 0 aliphatic heterocycles. The van der Waals surface area contributed by atoms with E-state index >= 15 is 0 Å². The standard InChI is InChI=1S/C22H21NO2/c1-17-9-11-20(12-10-17)22(25)21-8-4-14-23(21)13-3-7-18-5-2-6-19(15-18)16-24/h2-12,14-15,24H,13,16H2,1H3. The molecule has 25 heavy (non-hydrogen) atoms. The number of aliphatic hydroxyl groups excluding tert-OH is 1. The predicted molar refractivity (Wildman–Crippen MR) is 100 cm³/mol. The maximum Gasteiger partial charge on any atom is 0.209 e. The molecule has 126 valence electrons. The summed E-state index contributed by atoms with van der Waals surface area (Å²) in [5.41, 5.74) is 4.44. The Hall–Kier alpha value is -2.91. The minimum atomic E-state index is 0.0284. The van der Waals surface area contributed by atoms with Crippen LogP contribution in [0.3, 0.4) is 0 Å². The monoisotopic (exact) mass is 331 g/mol. The molecule has 1 N–H and O–H groups in total. The van der Waals surface area contributed by atoms with Gasteiger partial charge in [0.1, 0.15) is 0 Å². The van der Waals surface area contributed by atoms with Crippen molar-refractivity contribution in [3.05, 3.63) is 101 Å². The number of hydrogen-bond donors (Lipinski definition) is 1. The molecule has 0 atom stereocenters. The maximum absolute atomic E-state index is 12.7. The van der Waals surface area contributed by atoms with Crippen molar-refractivity contribution in [2.75, 3.05) is 0 Å². The molecular formula is C22H21NO2. The summed E-state index contributed by atoms with van der Waals surface area (Å²) >= 11 is 0. The van der Waals surface area contributed by atoms with Gasteiger partial charge in [-0.3, -0.25) is 4.79 Å². The van der Waals surface area contributed by atoms with Crippen LogP contribution in [0.4, 0.5) is 0 Å². The van der Waals surface area contributed by atoms with E-state index in [-0.39, 0.29) is 12.4 Å². The first-order valence-electron chi connectivity index (χ1n) is 8.30. The summed E-state index contributed by atoms with van der Waals surface area (Å²) in [5.74, 6) is 0.0284. The van der Waals surface area contributed by atoms with Crippen LogP contribution >= 0.6 is 0 Å². The third-order valence-electron chi connectivity index (χ3n) is 4.12. The lowest BCUT2D eigenvalue weighted by Gasteiger charge is -2.06. The number of nitrogens with zero attached hydrogens (tertiary/aromatic N) is 1. The Bertz CT molecular complexity index is 888. The normalized spacial score (nSPS) is 11.1. The van der Waals surface area contributed by atoms with Crippen molar-refractivity contribution in [3.8, 4) is 0 Å². The zero-order valence-corrected chi connectivity index (χ0v) is 14.2. The van der Waals surface area contributed by atoms with Crippen molar-refractivity contribution in [1.29, 1.82) is 0 Å². The number of aromatic nitrogens is 1. The van der Waals surface area contributed by atoms with E-state index in [4.69, 9.17) is 0 Å². The van der Waals surface area contributed by atoms with E-state index in [0.717, 1.165) is 16.7 Å².